The lowest BCUT2D eigenvalue weighted by Crippen LogP contribution is -2.42. The number of aliphatic hydroxyl groups excluding tert-OH is 1. The first-order chi connectivity index (χ1) is 10.0. The van der Waals surface area contributed by atoms with Crippen LogP contribution in [0.2, 0.25) is 0 Å². The van der Waals surface area contributed by atoms with Crippen LogP contribution in [0.1, 0.15) is 31.2 Å². The summed E-state index contributed by atoms with van der Waals surface area (Å²) in [5, 5.41) is 11.9. The number of hydrogen-bond donors (Lipinski definition) is 2. The van der Waals surface area contributed by atoms with Crippen molar-refractivity contribution in [3.8, 4) is 0 Å². The van der Waals surface area contributed by atoms with E-state index in [2.05, 4.69) is 5.32 Å². The molecule has 116 valence electrons. The summed E-state index contributed by atoms with van der Waals surface area (Å²) in [5.41, 5.74) is 0.958. The highest BCUT2D eigenvalue weighted by Crippen LogP contribution is 2.27. The van der Waals surface area contributed by atoms with Gasteiger partial charge in [-0.2, -0.15) is 0 Å². The van der Waals surface area contributed by atoms with Crippen LogP contribution >= 0.6 is 0 Å². The Labute approximate surface area is 125 Å². The number of amides is 2. The lowest BCUT2D eigenvalue weighted by molar-refractivity contribution is 0.139. The van der Waals surface area contributed by atoms with Crippen LogP contribution in [-0.2, 0) is 0 Å². The molecule has 0 saturated heterocycles. The molecule has 0 atom stereocenters. The van der Waals surface area contributed by atoms with E-state index < -0.39 is 0 Å². The summed E-state index contributed by atoms with van der Waals surface area (Å²) in [4.78, 5) is 14.0. The smallest absolute Gasteiger partial charge is 0.321 e. The van der Waals surface area contributed by atoms with E-state index >= 15 is 0 Å². The molecule has 5 heteroatoms. The molecule has 1 aromatic rings. The van der Waals surface area contributed by atoms with Gasteiger partial charge in [-0.25, -0.2) is 9.18 Å². The zero-order valence-electron chi connectivity index (χ0n) is 12.6. The molecule has 0 spiro atoms. The van der Waals surface area contributed by atoms with Gasteiger partial charge in [0.05, 0.1) is 0 Å². The molecule has 21 heavy (non-hydrogen) atoms. The lowest BCUT2D eigenvalue weighted by atomic mass is 9.86. The minimum absolute atomic E-state index is 0.182. The van der Waals surface area contributed by atoms with E-state index in [-0.39, 0.29) is 24.5 Å². The number of benzene rings is 1. The van der Waals surface area contributed by atoms with Gasteiger partial charge in [0.1, 0.15) is 5.82 Å². The minimum Gasteiger partial charge on any atom is -0.396 e. The van der Waals surface area contributed by atoms with E-state index in [0.717, 1.165) is 25.7 Å². The third-order valence-electron chi connectivity index (χ3n) is 4.45. The van der Waals surface area contributed by atoms with Crippen LogP contribution < -0.4 is 5.32 Å². The van der Waals surface area contributed by atoms with E-state index in [0.29, 0.717) is 17.2 Å². The van der Waals surface area contributed by atoms with Crippen molar-refractivity contribution in [1.82, 2.24) is 4.90 Å². The van der Waals surface area contributed by atoms with Gasteiger partial charge in [0.25, 0.3) is 0 Å². The van der Waals surface area contributed by atoms with Gasteiger partial charge in [0, 0.05) is 30.9 Å². The number of nitrogens with zero attached hydrogens (tertiary/aromatic N) is 1. The van der Waals surface area contributed by atoms with Crippen molar-refractivity contribution in [2.45, 2.75) is 38.6 Å². The van der Waals surface area contributed by atoms with Crippen LogP contribution in [0, 0.1) is 18.7 Å². The number of rotatable bonds is 3. The Morgan fingerprint density at radius 2 is 2.05 bits per heavy atom. The third-order valence-corrected chi connectivity index (χ3v) is 4.45. The van der Waals surface area contributed by atoms with Gasteiger partial charge in [-0.15, -0.1) is 0 Å². The number of urea groups is 1. The van der Waals surface area contributed by atoms with E-state index in [1.165, 1.54) is 6.07 Å². The minimum atomic E-state index is -0.320. The largest absolute Gasteiger partial charge is 0.396 e. The number of nitrogens with one attached hydrogen (secondary N) is 1. The van der Waals surface area contributed by atoms with Crippen molar-refractivity contribution in [3.63, 3.8) is 0 Å². The average Bonchev–Trinajstić information content (AvgIpc) is 2.51. The molecule has 2 rings (SSSR count). The van der Waals surface area contributed by atoms with E-state index in [9.17, 15) is 9.18 Å². The fourth-order valence-electron chi connectivity index (χ4n) is 2.83. The van der Waals surface area contributed by atoms with Crippen LogP contribution in [-0.4, -0.2) is 35.7 Å². The average molecular weight is 294 g/mol. The topological polar surface area (TPSA) is 52.6 Å². The summed E-state index contributed by atoms with van der Waals surface area (Å²) in [6.45, 7) is 1.88. The van der Waals surface area contributed by atoms with E-state index in [1.54, 1.807) is 31.0 Å². The molecule has 1 fully saturated rings. The molecule has 4 nitrogen and oxygen atoms in total. The summed E-state index contributed by atoms with van der Waals surface area (Å²) < 4.78 is 13.5. The van der Waals surface area contributed by atoms with Crippen molar-refractivity contribution in [2.24, 2.45) is 5.92 Å². The van der Waals surface area contributed by atoms with Crippen molar-refractivity contribution in [2.75, 3.05) is 19.0 Å². The second-order valence-corrected chi connectivity index (χ2v) is 5.81. The Hall–Kier alpha value is -1.62. The number of carbonyl (C=O) groups is 1. The SMILES string of the molecule is Cc1c(F)cccc1NC(=O)N(C)C1CCC(CO)CC1. The van der Waals surface area contributed by atoms with Gasteiger partial charge in [-0.3, -0.25) is 0 Å². The molecule has 1 aliphatic carbocycles. The van der Waals surface area contributed by atoms with Crippen LogP contribution in [0.4, 0.5) is 14.9 Å². The molecule has 1 aromatic carbocycles. The molecular formula is C16H23FN2O2. The summed E-state index contributed by atoms with van der Waals surface area (Å²) in [5.74, 6) is 0.0436. The van der Waals surface area contributed by atoms with Gasteiger partial charge in [0.15, 0.2) is 0 Å². The van der Waals surface area contributed by atoms with Gasteiger partial charge in [-0.1, -0.05) is 6.07 Å². The first kappa shape index (κ1) is 15.8. The molecule has 0 heterocycles. The summed E-state index contributed by atoms with van der Waals surface area (Å²) in [6.07, 6.45) is 3.68. The number of halogens is 1. The molecular weight excluding hydrogens is 271 g/mol. The number of aliphatic hydroxyl groups is 1. The molecule has 1 saturated carbocycles. The first-order valence-electron chi connectivity index (χ1n) is 7.42. The maximum Gasteiger partial charge on any atom is 0.321 e. The van der Waals surface area contributed by atoms with Crippen LogP contribution in [0.25, 0.3) is 0 Å². The fraction of sp³-hybridized carbons (Fsp3) is 0.562. The second kappa shape index (κ2) is 6.89. The highest BCUT2D eigenvalue weighted by Gasteiger charge is 2.26. The Morgan fingerprint density at radius 1 is 1.38 bits per heavy atom. The van der Waals surface area contributed by atoms with Crippen molar-refractivity contribution in [1.29, 1.82) is 0 Å². The molecule has 2 N–H and O–H groups in total. The van der Waals surface area contributed by atoms with E-state index in [1.807, 2.05) is 0 Å². The predicted octanol–water partition coefficient (Wildman–Crippen LogP) is 3.15. The zero-order valence-corrected chi connectivity index (χ0v) is 12.6. The normalized spacial score (nSPS) is 21.9. The monoisotopic (exact) mass is 294 g/mol. The molecule has 0 bridgehead atoms. The fourth-order valence-corrected chi connectivity index (χ4v) is 2.83. The molecule has 0 unspecified atom stereocenters. The number of hydrogen-bond acceptors (Lipinski definition) is 2. The highest BCUT2D eigenvalue weighted by atomic mass is 19.1. The molecule has 2 amide bonds. The Kier molecular flexibility index (Phi) is 5.17. The van der Waals surface area contributed by atoms with Crippen LogP contribution in [0.15, 0.2) is 18.2 Å². The Morgan fingerprint density at radius 3 is 2.67 bits per heavy atom. The van der Waals surface area contributed by atoms with Crippen molar-refractivity contribution >= 4 is 11.7 Å². The van der Waals surface area contributed by atoms with Crippen molar-refractivity contribution < 1.29 is 14.3 Å². The third kappa shape index (κ3) is 3.73. The standard InChI is InChI=1S/C16H23FN2O2/c1-11-14(17)4-3-5-15(11)18-16(21)19(2)13-8-6-12(10-20)7-9-13/h3-5,12-13,20H,6-10H2,1-2H3,(H,18,21). The number of carbonyl (C=O) groups excluding carboxylic acids is 1. The molecule has 0 radical (unpaired) electrons. The van der Waals surface area contributed by atoms with Gasteiger partial charge >= 0.3 is 6.03 Å². The summed E-state index contributed by atoms with van der Waals surface area (Å²) in [7, 11) is 1.77. The maximum absolute atomic E-state index is 13.5. The Bertz CT molecular complexity index is 499. The predicted molar refractivity (Wildman–Crippen MR) is 80.8 cm³/mol. The zero-order chi connectivity index (χ0) is 15.4. The maximum atomic E-state index is 13.5. The first-order valence-corrected chi connectivity index (χ1v) is 7.42. The summed E-state index contributed by atoms with van der Waals surface area (Å²) >= 11 is 0. The highest BCUT2D eigenvalue weighted by molar-refractivity contribution is 5.90. The quantitative estimate of drug-likeness (QED) is 0.899. The van der Waals surface area contributed by atoms with Gasteiger partial charge < -0.3 is 15.3 Å². The Balaban J connectivity index is 1.95. The van der Waals surface area contributed by atoms with Gasteiger partial charge in [-0.05, 0) is 50.7 Å². The molecule has 1 aliphatic rings. The molecule has 0 aromatic heterocycles. The lowest BCUT2D eigenvalue weighted by Gasteiger charge is -2.34. The van der Waals surface area contributed by atoms with Crippen LogP contribution in [0.5, 0.6) is 0 Å². The van der Waals surface area contributed by atoms with Crippen LogP contribution in [0.3, 0.4) is 0 Å². The second-order valence-electron chi connectivity index (χ2n) is 5.81. The van der Waals surface area contributed by atoms with Gasteiger partial charge in [0.2, 0.25) is 0 Å². The number of anilines is 1. The molecule has 0 aliphatic heterocycles. The van der Waals surface area contributed by atoms with Crippen molar-refractivity contribution in [3.05, 3.63) is 29.6 Å². The summed E-state index contributed by atoms with van der Waals surface area (Å²) in [6, 6.07) is 4.64. The van der Waals surface area contributed by atoms with E-state index in [4.69, 9.17) is 5.11 Å².